The van der Waals surface area contributed by atoms with Crippen LogP contribution in [-0.4, -0.2) is 31.9 Å². The number of nitrogens with one attached hydrogen (secondary N) is 3. The van der Waals surface area contributed by atoms with E-state index >= 15 is 0 Å². The lowest BCUT2D eigenvalue weighted by Gasteiger charge is -2.15. The zero-order valence-electron chi connectivity index (χ0n) is 25.2. The lowest BCUT2D eigenvalue weighted by Crippen LogP contribution is -2.13. The van der Waals surface area contributed by atoms with Gasteiger partial charge in [0.2, 0.25) is 0 Å². The highest BCUT2D eigenvalue weighted by Crippen LogP contribution is 2.37. The Morgan fingerprint density at radius 2 is 1.81 bits per heavy atom. The lowest BCUT2D eigenvalue weighted by atomic mass is 10.1. The Kier molecular flexibility index (Phi) is 10.0. The van der Waals surface area contributed by atoms with Crippen LogP contribution in [0.5, 0.6) is 0 Å². The maximum Gasteiger partial charge on any atom is 0.411 e. The fourth-order valence-electron chi connectivity index (χ4n) is 4.42. The molecule has 2 aromatic carbocycles. The molecule has 0 unspecified atom stereocenters. The van der Waals surface area contributed by atoms with Gasteiger partial charge in [0.25, 0.3) is 5.91 Å². The van der Waals surface area contributed by atoms with Crippen LogP contribution >= 0.6 is 39.0 Å². The minimum absolute atomic E-state index is 0.220. The third-order valence-electron chi connectivity index (χ3n) is 6.83. The summed E-state index contributed by atoms with van der Waals surface area (Å²) in [6, 6.07) is 24.1. The Bertz CT molecular complexity index is 2020. The number of thiophene rings is 1. The number of rotatable bonds is 10. The van der Waals surface area contributed by atoms with Crippen molar-refractivity contribution in [1.82, 2.24) is 19.9 Å². The molecule has 0 spiro atoms. The summed E-state index contributed by atoms with van der Waals surface area (Å²) >= 11 is 6.39. The summed E-state index contributed by atoms with van der Waals surface area (Å²) in [4.78, 5) is 46.1. The molecule has 0 radical (unpaired) electrons. The number of hydrogen-bond donors (Lipinski definition) is 3. The molecule has 4 aromatic heterocycles. The van der Waals surface area contributed by atoms with Crippen molar-refractivity contribution in [2.75, 3.05) is 16.0 Å². The number of carbonyl (C=O) groups is 2. The number of pyridine rings is 2. The minimum Gasteiger partial charge on any atom is -0.444 e. The summed E-state index contributed by atoms with van der Waals surface area (Å²) in [6.07, 6.45) is 2.57. The lowest BCUT2D eigenvalue weighted by molar-refractivity contribution is 0.102. The number of benzene rings is 2. The van der Waals surface area contributed by atoms with Crippen LogP contribution in [0.25, 0.3) is 11.0 Å². The van der Waals surface area contributed by atoms with Gasteiger partial charge in [-0.15, -0.1) is 11.3 Å². The quantitative estimate of drug-likeness (QED) is 0.126. The van der Waals surface area contributed by atoms with Gasteiger partial charge in [0.1, 0.15) is 24.6 Å². The van der Waals surface area contributed by atoms with Gasteiger partial charge in [-0.2, -0.15) is 0 Å². The van der Waals surface area contributed by atoms with Crippen molar-refractivity contribution in [3.05, 3.63) is 117 Å². The van der Waals surface area contributed by atoms with E-state index < -0.39 is 6.09 Å². The second-order valence-electron chi connectivity index (χ2n) is 10.5. The molecule has 0 aliphatic heterocycles. The molecule has 236 valence electrons. The van der Waals surface area contributed by atoms with Crippen molar-refractivity contribution < 1.29 is 14.3 Å². The second kappa shape index (κ2) is 14.7. The molecule has 47 heavy (non-hydrogen) atoms. The Morgan fingerprint density at radius 1 is 0.957 bits per heavy atom. The second-order valence-corrected chi connectivity index (χ2v) is 13.6. The molecular weight excluding hydrogens is 698 g/mol. The predicted molar refractivity (Wildman–Crippen MR) is 190 cm³/mol. The molecule has 3 N–H and O–H groups in total. The number of fused-ring (bicyclic) bond motifs is 1. The molecule has 0 aliphatic carbocycles. The van der Waals surface area contributed by atoms with E-state index in [-0.39, 0.29) is 18.4 Å². The highest BCUT2D eigenvalue weighted by Gasteiger charge is 2.15. The molecule has 0 saturated heterocycles. The van der Waals surface area contributed by atoms with Crippen LogP contribution in [-0.2, 0) is 11.3 Å². The molecule has 13 heteroatoms. The Morgan fingerprint density at radius 3 is 2.55 bits per heavy atom. The summed E-state index contributed by atoms with van der Waals surface area (Å²) in [5.74, 6) is 0.940. The third-order valence-corrected chi connectivity index (χ3v) is 9.23. The Labute approximate surface area is 287 Å². The van der Waals surface area contributed by atoms with Gasteiger partial charge in [-0.05, 0) is 100 Å². The van der Waals surface area contributed by atoms with E-state index in [4.69, 9.17) is 9.72 Å². The van der Waals surface area contributed by atoms with Crippen molar-refractivity contribution in [2.45, 2.75) is 36.2 Å². The summed E-state index contributed by atoms with van der Waals surface area (Å²) < 4.78 is 6.12. The van der Waals surface area contributed by atoms with Crippen molar-refractivity contribution in [1.29, 1.82) is 0 Å². The normalized spacial score (nSPS) is 11.0. The average molecular weight is 727 g/mol. The summed E-state index contributed by atoms with van der Waals surface area (Å²) in [6.45, 7) is 4.38. The Hall–Kier alpha value is -4.85. The first kappa shape index (κ1) is 32.1. The van der Waals surface area contributed by atoms with Crippen molar-refractivity contribution in [3.8, 4) is 0 Å². The van der Waals surface area contributed by atoms with Crippen LogP contribution in [0.2, 0.25) is 0 Å². The van der Waals surface area contributed by atoms with Crippen molar-refractivity contribution >= 4 is 85.1 Å². The molecule has 0 atom stereocenters. The van der Waals surface area contributed by atoms with Gasteiger partial charge in [0.15, 0.2) is 5.65 Å². The molecule has 6 rings (SSSR count). The van der Waals surface area contributed by atoms with E-state index in [1.165, 1.54) is 29.4 Å². The van der Waals surface area contributed by atoms with E-state index in [0.29, 0.717) is 34.2 Å². The number of amides is 2. The molecule has 0 aliphatic rings. The molecule has 4 heterocycles. The predicted octanol–water partition coefficient (Wildman–Crippen LogP) is 9.26. The number of carbonyl (C=O) groups excluding carboxylic acids is 2. The fraction of sp³-hybridized carbons (Fsp3) is 0.118. The number of halogens is 1. The standard InChI is InChI=1S/C34H28BrN7O3S2/c1-20(2)27-12-11-26-31(40-27)37-19-38-32(26)41-28-16-21(33(43)42-30-14-6-22(35)17-36-30)5-13-29(28)47-24-9-7-23(8-10-24)39-34(44)45-18-25-4-3-15-46-25/h3-17,19-20H,18H2,1-2H3,(H,39,44)(H,36,42,43)(H,37,38,40,41). The van der Waals surface area contributed by atoms with Crippen LogP contribution in [0.1, 0.15) is 40.7 Å². The SMILES string of the molecule is CC(C)c1ccc2c(Nc3cc(C(=O)Nc4ccc(Br)cn4)ccc3Sc3ccc(NC(=O)OCc4cccs4)cc3)ncnc2n1. The zero-order chi connectivity index (χ0) is 32.8. The van der Waals surface area contributed by atoms with Crippen LogP contribution in [0.15, 0.2) is 111 Å². The van der Waals surface area contributed by atoms with Gasteiger partial charge in [-0.3, -0.25) is 10.1 Å². The summed E-state index contributed by atoms with van der Waals surface area (Å²) in [7, 11) is 0. The average Bonchev–Trinajstić information content (AvgIpc) is 3.60. The van der Waals surface area contributed by atoms with Crippen LogP contribution in [0, 0.1) is 0 Å². The smallest absolute Gasteiger partial charge is 0.411 e. The van der Waals surface area contributed by atoms with Crippen molar-refractivity contribution in [3.63, 3.8) is 0 Å². The highest BCUT2D eigenvalue weighted by molar-refractivity contribution is 9.10. The number of nitrogens with zero attached hydrogens (tertiary/aromatic N) is 4. The van der Waals surface area contributed by atoms with Crippen molar-refractivity contribution in [2.24, 2.45) is 0 Å². The van der Waals surface area contributed by atoms with E-state index in [9.17, 15) is 9.59 Å². The third kappa shape index (κ3) is 8.30. The van der Waals surface area contributed by atoms with E-state index in [0.717, 1.165) is 30.2 Å². The maximum atomic E-state index is 13.2. The monoisotopic (exact) mass is 725 g/mol. The summed E-state index contributed by atoms with van der Waals surface area (Å²) in [5.41, 5.74) is 3.22. The van der Waals surface area contributed by atoms with Gasteiger partial charge in [-0.25, -0.2) is 24.7 Å². The molecule has 0 bridgehead atoms. The molecular formula is C34H28BrN7O3S2. The first-order valence-electron chi connectivity index (χ1n) is 14.5. The molecule has 6 aromatic rings. The van der Waals surface area contributed by atoms with Gasteiger partial charge >= 0.3 is 6.09 Å². The van der Waals surface area contributed by atoms with Gasteiger partial charge in [0.05, 0.1) is 11.1 Å². The first-order chi connectivity index (χ1) is 22.8. The molecule has 10 nitrogen and oxygen atoms in total. The summed E-state index contributed by atoms with van der Waals surface area (Å²) in [5, 5.41) is 11.7. The van der Waals surface area contributed by atoms with Crippen LogP contribution in [0.4, 0.5) is 27.8 Å². The van der Waals surface area contributed by atoms with Crippen LogP contribution in [0.3, 0.4) is 0 Å². The van der Waals surface area contributed by atoms with Gasteiger partial charge < -0.3 is 15.4 Å². The Balaban J connectivity index is 1.24. The molecule has 2 amide bonds. The largest absolute Gasteiger partial charge is 0.444 e. The van der Waals surface area contributed by atoms with Crippen LogP contribution < -0.4 is 16.0 Å². The first-order valence-corrected chi connectivity index (χ1v) is 17.0. The van der Waals surface area contributed by atoms with E-state index in [1.54, 1.807) is 24.4 Å². The van der Waals surface area contributed by atoms with E-state index in [2.05, 4.69) is 60.7 Å². The number of anilines is 4. The minimum atomic E-state index is -0.524. The topological polar surface area (TPSA) is 131 Å². The fourth-order valence-corrected chi connectivity index (χ4v) is 6.15. The van der Waals surface area contributed by atoms with E-state index in [1.807, 2.05) is 66.0 Å². The number of hydrogen-bond acceptors (Lipinski definition) is 10. The number of aromatic nitrogens is 4. The molecule has 0 fully saturated rings. The molecule has 0 saturated carbocycles. The van der Waals surface area contributed by atoms with Gasteiger partial charge in [-0.1, -0.05) is 31.7 Å². The van der Waals surface area contributed by atoms with Gasteiger partial charge in [0, 0.05) is 42.3 Å². The zero-order valence-corrected chi connectivity index (χ0v) is 28.4. The maximum absolute atomic E-state index is 13.2. The number of ether oxygens (including phenoxy) is 1. The highest BCUT2D eigenvalue weighted by atomic mass is 79.9.